The van der Waals surface area contributed by atoms with Crippen molar-refractivity contribution in [2.75, 3.05) is 19.4 Å². The number of nitrogens with one attached hydrogen (secondary N) is 2. The molecule has 108 valence electrons. The Morgan fingerprint density at radius 2 is 2.33 bits per heavy atom. The van der Waals surface area contributed by atoms with Gasteiger partial charge >= 0.3 is 0 Å². The quantitative estimate of drug-likeness (QED) is 0.657. The number of H-pyrrole nitrogens is 1. The van der Waals surface area contributed by atoms with Crippen molar-refractivity contribution in [3.8, 4) is 6.07 Å². The van der Waals surface area contributed by atoms with Gasteiger partial charge in [0.25, 0.3) is 0 Å². The third-order valence-electron chi connectivity index (χ3n) is 2.63. The number of nitrogens with zero attached hydrogens (tertiary/aromatic N) is 4. The lowest BCUT2D eigenvalue weighted by Gasteiger charge is -2.04. The maximum absolute atomic E-state index is 9.24. The molecule has 6 nitrogen and oxygen atoms in total. The van der Waals surface area contributed by atoms with Gasteiger partial charge < -0.3 is 10.2 Å². The standard InChI is InChI=1S/C14H15ClN6/c1-21(2)9-18-14-12(7-16)13(19-20-14)17-8-10-4-3-5-11(15)6-10/h3-6,9H,8H2,1-2H3,(H2,17,19,20)/b18-9+. The third kappa shape index (κ3) is 3.97. The van der Waals surface area contributed by atoms with Gasteiger partial charge in [-0.25, -0.2) is 4.99 Å². The minimum Gasteiger partial charge on any atom is -0.369 e. The van der Waals surface area contributed by atoms with Gasteiger partial charge in [0.05, 0.1) is 6.34 Å². The maximum Gasteiger partial charge on any atom is 0.169 e. The van der Waals surface area contributed by atoms with Crippen LogP contribution in [0.25, 0.3) is 0 Å². The number of aromatic amines is 1. The van der Waals surface area contributed by atoms with Gasteiger partial charge in [-0.2, -0.15) is 10.4 Å². The van der Waals surface area contributed by atoms with Crippen LogP contribution in [0, 0.1) is 11.3 Å². The van der Waals surface area contributed by atoms with Crippen molar-refractivity contribution >= 4 is 29.6 Å². The van der Waals surface area contributed by atoms with E-state index in [1.54, 1.807) is 11.2 Å². The highest BCUT2D eigenvalue weighted by Gasteiger charge is 2.11. The molecule has 1 aromatic carbocycles. The van der Waals surface area contributed by atoms with E-state index >= 15 is 0 Å². The normalized spacial score (nSPS) is 10.6. The van der Waals surface area contributed by atoms with Gasteiger partial charge in [-0.1, -0.05) is 23.7 Å². The Morgan fingerprint density at radius 1 is 1.52 bits per heavy atom. The molecule has 0 aliphatic carbocycles. The summed E-state index contributed by atoms with van der Waals surface area (Å²) in [6.07, 6.45) is 1.61. The van der Waals surface area contributed by atoms with E-state index in [4.69, 9.17) is 11.6 Å². The summed E-state index contributed by atoms with van der Waals surface area (Å²) in [5.41, 5.74) is 1.39. The molecule has 1 heterocycles. The van der Waals surface area contributed by atoms with Crippen molar-refractivity contribution in [2.24, 2.45) is 4.99 Å². The van der Waals surface area contributed by atoms with Crippen LogP contribution in [0.3, 0.4) is 0 Å². The van der Waals surface area contributed by atoms with Gasteiger partial charge in [-0.15, -0.1) is 0 Å². The highest BCUT2D eigenvalue weighted by molar-refractivity contribution is 6.30. The van der Waals surface area contributed by atoms with Crippen LogP contribution < -0.4 is 5.32 Å². The van der Waals surface area contributed by atoms with Crippen molar-refractivity contribution in [3.05, 3.63) is 40.4 Å². The van der Waals surface area contributed by atoms with Crippen LogP contribution in [-0.4, -0.2) is 35.5 Å². The van der Waals surface area contributed by atoms with Gasteiger partial charge in [-0.05, 0) is 17.7 Å². The van der Waals surface area contributed by atoms with E-state index in [0.717, 1.165) is 5.56 Å². The third-order valence-corrected chi connectivity index (χ3v) is 2.86. The molecule has 0 saturated heterocycles. The molecular weight excluding hydrogens is 288 g/mol. The van der Waals surface area contributed by atoms with Gasteiger partial charge in [0.15, 0.2) is 11.6 Å². The summed E-state index contributed by atoms with van der Waals surface area (Å²) in [4.78, 5) is 5.94. The van der Waals surface area contributed by atoms with Crippen LogP contribution in [0.5, 0.6) is 0 Å². The molecule has 0 bridgehead atoms. The summed E-state index contributed by atoms with van der Waals surface area (Å²) in [7, 11) is 3.70. The van der Waals surface area contributed by atoms with Crippen LogP contribution in [0.1, 0.15) is 11.1 Å². The number of rotatable bonds is 5. The summed E-state index contributed by atoms with van der Waals surface area (Å²) in [6.45, 7) is 0.525. The second-order valence-corrected chi connectivity index (χ2v) is 5.04. The van der Waals surface area contributed by atoms with Crippen LogP contribution in [0.15, 0.2) is 29.3 Å². The minimum atomic E-state index is 0.384. The molecule has 2 N–H and O–H groups in total. The van der Waals surface area contributed by atoms with E-state index in [0.29, 0.717) is 28.8 Å². The largest absolute Gasteiger partial charge is 0.369 e. The molecule has 2 aromatic rings. The number of nitriles is 1. The van der Waals surface area contributed by atoms with E-state index in [9.17, 15) is 5.26 Å². The molecule has 2 rings (SSSR count). The Morgan fingerprint density at radius 3 is 3.00 bits per heavy atom. The highest BCUT2D eigenvalue weighted by atomic mass is 35.5. The minimum absolute atomic E-state index is 0.384. The second kappa shape index (κ2) is 6.77. The molecule has 1 aromatic heterocycles. The Balaban J connectivity index is 2.12. The molecule has 0 unspecified atom stereocenters. The van der Waals surface area contributed by atoms with Crippen LogP contribution in [-0.2, 0) is 6.54 Å². The van der Waals surface area contributed by atoms with Gasteiger partial charge in [0.2, 0.25) is 0 Å². The summed E-state index contributed by atoms with van der Waals surface area (Å²) >= 11 is 5.93. The molecule has 0 spiro atoms. The van der Waals surface area contributed by atoms with Crippen LogP contribution in [0.2, 0.25) is 5.02 Å². The van der Waals surface area contributed by atoms with Crippen molar-refractivity contribution in [1.82, 2.24) is 15.1 Å². The fourth-order valence-corrected chi connectivity index (χ4v) is 1.88. The lowest BCUT2D eigenvalue weighted by molar-refractivity contribution is 0.643. The first-order valence-electron chi connectivity index (χ1n) is 6.27. The Bertz CT molecular complexity index is 683. The summed E-state index contributed by atoms with van der Waals surface area (Å²) in [5, 5.41) is 19.8. The summed E-state index contributed by atoms with van der Waals surface area (Å²) in [5.74, 6) is 0.906. The molecule has 0 atom stereocenters. The predicted octanol–water partition coefficient (Wildman–Crippen LogP) is 2.77. The first-order chi connectivity index (χ1) is 10.1. The van der Waals surface area contributed by atoms with Gasteiger partial charge in [0, 0.05) is 25.7 Å². The maximum atomic E-state index is 9.24. The van der Waals surface area contributed by atoms with Gasteiger partial charge in [0.1, 0.15) is 11.6 Å². The zero-order chi connectivity index (χ0) is 15.2. The lowest BCUT2D eigenvalue weighted by atomic mass is 10.2. The number of hydrogen-bond donors (Lipinski definition) is 2. The molecule has 21 heavy (non-hydrogen) atoms. The van der Waals surface area contributed by atoms with Crippen LogP contribution in [0.4, 0.5) is 11.6 Å². The second-order valence-electron chi connectivity index (χ2n) is 4.60. The van der Waals surface area contributed by atoms with E-state index in [2.05, 4.69) is 26.6 Å². The fourth-order valence-electron chi connectivity index (χ4n) is 1.67. The molecule has 0 saturated carbocycles. The molecule has 0 aliphatic rings. The fraction of sp³-hybridized carbons (Fsp3) is 0.214. The molecule has 7 heteroatoms. The molecular formula is C14H15ClN6. The molecule has 0 aliphatic heterocycles. The highest BCUT2D eigenvalue weighted by Crippen LogP contribution is 2.23. The number of anilines is 1. The van der Waals surface area contributed by atoms with Crippen molar-refractivity contribution in [1.29, 1.82) is 5.26 Å². The predicted molar refractivity (Wildman–Crippen MR) is 83.9 cm³/mol. The Labute approximate surface area is 128 Å². The Kier molecular flexibility index (Phi) is 4.80. The molecule has 0 fully saturated rings. The van der Waals surface area contributed by atoms with E-state index in [1.165, 1.54) is 0 Å². The van der Waals surface area contributed by atoms with Crippen molar-refractivity contribution in [3.63, 3.8) is 0 Å². The zero-order valence-corrected chi connectivity index (χ0v) is 12.5. The van der Waals surface area contributed by atoms with Crippen LogP contribution >= 0.6 is 11.6 Å². The van der Waals surface area contributed by atoms with E-state index in [1.807, 2.05) is 38.4 Å². The smallest absolute Gasteiger partial charge is 0.169 e. The molecule has 0 amide bonds. The topological polar surface area (TPSA) is 80.1 Å². The first-order valence-corrected chi connectivity index (χ1v) is 6.65. The number of aliphatic imine (C=N–C) groups is 1. The Hall–Kier alpha value is -2.52. The zero-order valence-electron chi connectivity index (χ0n) is 11.8. The molecule has 0 radical (unpaired) electrons. The van der Waals surface area contributed by atoms with E-state index < -0.39 is 0 Å². The monoisotopic (exact) mass is 302 g/mol. The summed E-state index contributed by atoms with van der Waals surface area (Å²) < 4.78 is 0. The van der Waals surface area contributed by atoms with Gasteiger partial charge in [-0.3, -0.25) is 5.10 Å². The number of hydrogen-bond acceptors (Lipinski definition) is 4. The number of benzene rings is 1. The number of halogens is 1. The average Bonchev–Trinajstić information content (AvgIpc) is 2.85. The van der Waals surface area contributed by atoms with Crippen molar-refractivity contribution in [2.45, 2.75) is 6.54 Å². The SMILES string of the molecule is CN(C)/C=N/c1[nH]nc(NCc2cccc(Cl)c2)c1C#N. The van der Waals surface area contributed by atoms with Crippen molar-refractivity contribution < 1.29 is 0 Å². The average molecular weight is 303 g/mol. The lowest BCUT2D eigenvalue weighted by Crippen LogP contribution is -2.07. The van der Waals surface area contributed by atoms with E-state index in [-0.39, 0.29) is 0 Å². The summed E-state index contributed by atoms with van der Waals surface area (Å²) in [6, 6.07) is 9.60. The first kappa shape index (κ1) is 14.9. The number of aromatic nitrogens is 2.